The van der Waals surface area contributed by atoms with Crippen LogP contribution in [0.15, 0.2) is 36.5 Å². The van der Waals surface area contributed by atoms with Crippen molar-refractivity contribution in [2.75, 3.05) is 44.2 Å². The summed E-state index contributed by atoms with van der Waals surface area (Å²) < 4.78 is 58.5. The molecule has 268 valence electrons. The summed E-state index contributed by atoms with van der Waals surface area (Å²) in [4.78, 5) is 32.6. The third-order valence-corrected chi connectivity index (χ3v) is 10.3. The number of benzene rings is 2. The number of hydrogen-bond acceptors (Lipinski definition) is 9. The quantitative estimate of drug-likeness (QED) is 0.202. The van der Waals surface area contributed by atoms with Gasteiger partial charge in [-0.05, 0) is 69.0 Å². The first kappa shape index (κ1) is 34.7. The minimum atomic E-state index is -0.954. The number of ether oxygens (including phenoxy) is 2. The molecule has 10 nitrogen and oxygen atoms in total. The van der Waals surface area contributed by atoms with Crippen LogP contribution in [0.2, 0.25) is 0 Å². The van der Waals surface area contributed by atoms with Crippen molar-refractivity contribution < 1.29 is 27.4 Å². The lowest BCUT2D eigenvalue weighted by atomic mass is 9.95. The molecule has 0 bridgehead atoms. The minimum Gasteiger partial charge on any atom is -0.461 e. The van der Waals surface area contributed by atoms with E-state index < -0.39 is 35.3 Å². The molecule has 13 heteroatoms. The Balaban J connectivity index is 1.32. The van der Waals surface area contributed by atoms with Gasteiger partial charge in [-0.25, -0.2) is 18.0 Å². The molecule has 51 heavy (non-hydrogen) atoms. The third-order valence-electron chi connectivity index (χ3n) is 10.3. The summed E-state index contributed by atoms with van der Waals surface area (Å²) in [5.41, 5.74) is -0.324. The third kappa shape index (κ3) is 6.50. The van der Waals surface area contributed by atoms with E-state index in [-0.39, 0.29) is 49.2 Å². The van der Waals surface area contributed by atoms with E-state index in [0.717, 1.165) is 24.8 Å². The van der Waals surface area contributed by atoms with E-state index in [4.69, 9.17) is 14.5 Å². The van der Waals surface area contributed by atoms with E-state index >= 15 is 8.78 Å². The Labute approximate surface area is 295 Å². The van der Waals surface area contributed by atoms with E-state index in [1.807, 2.05) is 17.9 Å². The lowest BCUT2D eigenvalue weighted by molar-refractivity contribution is 0.0145. The van der Waals surface area contributed by atoms with E-state index in [1.54, 1.807) is 43.9 Å². The van der Waals surface area contributed by atoms with Crippen LogP contribution in [0.3, 0.4) is 0 Å². The van der Waals surface area contributed by atoms with Crippen LogP contribution in [0, 0.1) is 23.0 Å². The van der Waals surface area contributed by atoms with Gasteiger partial charge in [-0.1, -0.05) is 31.2 Å². The Morgan fingerprint density at radius 2 is 1.94 bits per heavy atom. The highest BCUT2D eigenvalue weighted by atomic mass is 19.1. The summed E-state index contributed by atoms with van der Waals surface area (Å²) in [6.07, 6.45) is 2.53. The molecule has 5 heterocycles. The maximum Gasteiger partial charge on any atom is 0.410 e. The van der Waals surface area contributed by atoms with Crippen molar-refractivity contribution in [2.45, 2.75) is 83.2 Å². The summed E-state index contributed by atoms with van der Waals surface area (Å²) in [6.45, 7) is 9.23. The summed E-state index contributed by atoms with van der Waals surface area (Å²) in [6, 6.07) is 10.0. The normalized spacial score (nSPS) is 22.4. The van der Waals surface area contributed by atoms with Crippen LogP contribution in [0.25, 0.3) is 32.9 Å². The standard InChI is InChI=1S/C38H42F3N7O3/c1-5-26-29(40)11-10-23-8-6-9-27(30(23)26)32-31(41)33-28(19-43-32)34(45-35(44-33)50-22-38-13-7-15-47(38)20-24(39)18-38)46-16-17-48(25(21-46)12-14-42)36(49)51-37(2,3)4/h6,8-11,19,24-25H,5,7,12-13,15-18,20-22H2,1-4H3/t24-,25+,38+/m1/s1. The second-order valence-electron chi connectivity index (χ2n) is 14.8. The van der Waals surface area contributed by atoms with Gasteiger partial charge in [-0.15, -0.1) is 0 Å². The molecule has 3 aliphatic rings. The Bertz CT molecular complexity index is 2030. The fourth-order valence-electron chi connectivity index (χ4n) is 8.02. The topological polar surface area (TPSA) is 108 Å². The highest BCUT2D eigenvalue weighted by Gasteiger charge is 2.49. The molecular formula is C38H42F3N7O3. The fraction of sp³-hybridized carbons (Fsp3) is 0.500. The van der Waals surface area contributed by atoms with Crippen LogP contribution >= 0.6 is 0 Å². The molecule has 1 amide bonds. The van der Waals surface area contributed by atoms with Crippen LogP contribution in [0.4, 0.5) is 23.8 Å². The maximum atomic E-state index is 17.0. The monoisotopic (exact) mass is 701 g/mol. The number of carbonyl (C=O) groups excluding carboxylic acids is 1. The van der Waals surface area contributed by atoms with Gasteiger partial charge < -0.3 is 19.3 Å². The summed E-state index contributed by atoms with van der Waals surface area (Å²) >= 11 is 0. The van der Waals surface area contributed by atoms with E-state index in [1.165, 1.54) is 12.3 Å². The second kappa shape index (κ2) is 13.5. The zero-order valence-electron chi connectivity index (χ0n) is 29.4. The SMILES string of the molecule is CCc1c(F)ccc2cccc(-c3ncc4c(N5CCN(C(=O)OC(C)(C)C)[C@@H](CC#N)C5)nc(OC[C@@]56CCCN5C[C@H](F)C6)nc4c3F)c12. The van der Waals surface area contributed by atoms with Crippen molar-refractivity contribution >= 4 is 33.6 Å². The van der Waals surface area contributed by atoms with Crippen LogP contribution in [-0.2, 0) is 11.2 Å². The Morgan fingerprint density at radius 3 is 2.71 bits per heavy atom. The first-order valence-corrected chi connectivity index (χ1v) is 17.6. The number of nitrogens with zero attached hydrogens (tertiary/aromatic N) is 7. The van der Waals surface area contributed by atoms with Crippen molar-refractivity contribution in [3.8, 4) is 23.3 Å². The number of aromatic nitrogens is 3. The van der Waals surface area contributed by atoms with E-state index in [0.29, 0.717) is 53.6 Å². The van der Waals surface area contributed by atoms with E-state index in [2.05, 4.69) is 20.9 Å². The largest absolute Gasteiger partial charge is 0.461 e. The number of aryl methyl sites for hydroxylation is 1. The van der Waals surface area contributed by atoms with E-state index in [9.17, 15) is 14.4 Å². The highest BCUT2D eigenvalue weighted by molar-refractivity contribution is 6.01. The van der Waals surface area contributed by atoms with Gasteiger partial charge in [0, 0.05) is 44.4 Å². The zero-order chi connectivity index (χ0) is 36.1. The number of rotatable bonds is 7. The molecule has 7 rings (SSSR count). The van der Waals surface area contributed by atoms with Gasteiger partial charge >= 0.3 is 12.1 Å². The van der Waals surface area contributed by atoms with Crippen LogP contribution in [0.5, 0.6) is 6.01 Å². The fourth-order valence-corrected chi connectivity index (χ4v) is 8.02. The number of carbonyl (C=O) groups is 1. The molecule has 3 saturated heterocycles. The molecule has 2 aromatic carbocycles. The van der Waals surface area contributed by atoms with Crippen LogP contribution in [0.1, 0.15) is 58.9 Å². The zero-order valence-corrected chi connectivity index (χ0v) is 29.4. The van der Waals surface area contributed by atoms with Gasteiger partial charge in [0.1, 0.15) is 41.2 Å². The van der Waals surface area contributed by atoms with Crippen molar-refractivity contribution in [3.63, 3.8) is 0 Å². The van der Waals surface area contributed by atoms with Gasteiger partial charge in [-0.2, -0.15) is 15.2 Å². The molecule has 0 spiro atoms. The first-order valence-electron chi connectivity index (χ1n) is 17.6. The molecule has 0 radical (unpaired) electrons. The summed E-state index contributed by atoms with van der Waals surface area (Å²) in [7, 11) is 0. The molecule has 0 saturated carbocycles. The van der Waals surface area contributed by atoms with Gasteiger partial charge in [0.25, 0.3) is 0 Å². The molecule has 4 aromatic rings. The number of piperazine rings is 1. The number of pyridine rings is 1. The van der Waals surface area contributed by atoms with Crippen LogP contribution < -0.4 is 9.64 Å². The molecule has 0 unspecified atom stereocenters. The Morgan fingerprint density at radius 1 is 1.12 bits per heavy atom. The van der Waals surface area contributed by atoms with Crippen molar-refractivity contribution in [2.24, 2.45) is 0 Å². The molecule has 2 aromatic heterocycles. The first-order chi connectivity index (χ1) is 24.4. The number of hydrogen-bond donors (Lipinski definition) is 0. The lowest BCUT2D eigenvalue weighted by Crippen LogP contribution is -2.56. The lowest BCUT2D eigenvalue weighted by Gasteiger charge is -2.41. The van der Waals surface area contributed by atoms with Gasteiger partial charge in [0.15, 0.2) is 5.82 Å². The molecule has 3 fully saturated rings. The van der Waals surface area contributed by atoms with Crippen molar-refractivity contribution in [3.05, 3.63) is 53.7 Å². The molecule has 0 aliphatic carbocycles. The number of fused-ring (bicyclic) bond motifs is 3. The molecule has 0 N–H and O–H groups in total. The van der Waals surface area contributed by atoms with Gasteiger partial charge in [-0.3, -0.25) is 9.88 Å². The Kier molecular flexibility index (Phi) is 9.16. The predicted octanol–water partition coefficient (Wildman–Crippen LogP) is 6.98. The number of nitriles is 1. The number of alkyl halides is 1. The Hall–Kier alpha value is -4.70. The van der Waals surface area contributed by atoms with Crippen molar-refractivity contribution in [1.29, 1.82) is 5.26 Å². The number of anilines is 1. The number of halogens is 3. The maximum absolute atomic E-state index is 17.0. The average Bonchev–Trinajstić information content (AvgIpc) is 3.62. The van der Waals surface area contributed by atoms with Crippen LogP contribution in [-0.4, -0.2) is 93.5 Å². The van der Waals surface area contributed by atoms with Gasteiger partial charge in [0.05, 0.1) is 29.5 Å². The smallest absolute Gasteiger partial charge is 0.410 e. The minimum absolute atomic E-state index is 0.0118. The average molecular weight is 702 g/mol. The molecule has 3 aliphatic heterocycles. The summed E-state index contributed by atoms with van der Waals surface area (Å²) in [5.74, 6) is -0.751. The molecule has 3 atom stereocenters. The second-order valence-corrected chi connectivity index (χ2v) is 14.8. The number of amides is 1. The van der Waals surface area contributed by atoms with Gasteiger partial charge in [0.2, 0.25) is 0 Å². The van der Waals surface area contributed by atoms with Crippen molar-refractivity contribution in [1.82, 2.24) is 24.8 Å². The molecular weight excluding hydrogens is 659 g/mol. The highest BCUT2D eigenvalue weighted by Crippen LogP contribution is 2.41. The predicted molar refractivity (Wildman–Crippen MR) is 187 cm³/mol. The summed E-state index contributed by atoms with van der Waals surface area (Å²) in [5, 5.41) is 11.3.